The molecule has 0 atom stereocenters. The summed E-state index contributed by atoms with van der Waals surface area (Å²) in [6, 6.07) is 7.41. The Bertz CT molecular complexity index is 965. The van der Waals surface area contributed by atoms with E-state index >= 15 is 0 Å². The topological polar surface area (TPSA) is 92.4 Å². The van der Waals surface area contributed by atoms with E-state index in [2.05, 4.69) is 19.8 Å². The van der Waals surface area contributed by atoms with Gasteiger partial charge in [0.05, 0.1) is 11.1 Å². The van der Waals surface area contributed by atoms with Crippen LogP contribution >= 0.6 is 0 Å². The molecule has 1 aromatic heterocycles. The van der Waals surface area contributed by atoms with Gasteiger partial charge in [0, 0.05) is 19.1 Å². The third-order valence-corrected chi connectivity index (χ3v) is 7.78. The van der Waals surface area contributed by atoms with E-state index in [0.29, 0.717) is 12.0 Å². The average Bonchev–Trinajstić information content (AvgIpc) is 2.74. The van der Waals surface area contributed by atoms with Crippen LogP contribution in [0.3, 0.4) is 0 Å². The Hall–Kier alpha value is -2.19. The molecule has 7 nitrogen and oxygen atoms in total. The predicted molar refractivity (Wildman–Crippen MR) is 114 cm³/mol. The number of piperidine rings is 2. The van der Waals surface area contributed by atoms with Crippen molar-refractivity contribution in [1.29, 1.82) is 0 Å². The fourth-order valence-electron chi connectivity index (χ4n) is 4.36. The van der Waals surface area contributed by atoms with Gasteiger partial charge in [-0.3, -0.25) is 0 Å². The number of sulfone groups is 1. The lowest BCUT2D eigenvalue weighted by atomic mass is 10.0. The van der Waals surface area contributed by atoms with Gasteiger partial charge in [0.25, 0.3) is 0 Å². The van der Waals surface area contributed by atoms with Crippen molar-refractivity contribution in [3.63, 3.8) is 0 Å². The summed E-state index contributed by atoms with van der Waals surface area (Å²) in [6.07, 6.45) is 7.46. The first-order valence-corrected chi connectivity index (χ1v) is 11.9. The van der Waals surface area contributed by atoms with Crippen LogP contribution in [0.25, 0.3) is 0 Å². The second kappa shape index (κ2) is 8.28. The first-order chi connectivity index (χ1) is 13.9. The summed E-state index contributed by atoms with van der Waals surface area (Å²) in [5.41, 5.74) is 6.94. The van der Waals surface area contributed by atoms with E-state index < -0.39 is 9.84 Å². The number of nitrogens with two attached hydrogens (primary N) is 1. The van der Waals surface area contributed by atoms with Crippen molar-refractivity contribution < 1.29 is 8.42 Å². The minimum absolute atomic E-state index is 0.00894. The van der Waals surface area contributed by atoms with E-state index in [1.165, 1.54) is 38.5 Å². The highest BCUT2D eigenvalue weighted by Crippen LogP contribution is 2.28. The largest absolute Gasteiger partial charge is 0.382 e. The minimum atomic E-state index is -3.74. The molecule has 0 saturated carbocycles. The molecule has 3 heterocycles. The lowest BCUT2D eigenvalue weighted by molar-refractivity contribution is 0.141. The van der Waals surface area contributed by atoms with Gasteiger partial charge in [-0.1, -0.05) is 18.6 Å². The number of hydrogen-bond acceptors (Lipinski definition) is 7. The van der Waals surface area contributed by atoms with Gasteiger partial charge in [0.15, 0.2) is 0 Å². The normalized spacial score (nSPS) is 19.4. The lowest BCUT2D eigenvalue weighted by Crippen LogP contribution is -2.47. The minimum Gasteiger partial charge on any atom is -0.382 e. The average molecular weight is 416 g/mol. The quantitative estimate of drug-likeness (QED) is 0.820. The molecule has 2 saturated heterocycles. The van der Waals surface area contributed by atoms with Crippen molar-refractivity contribution >= 4 is 21.6 Å². The van der Waals surface area contributed by atoms with E-state index in [0.717, 1.165) is 31.5 Å². The standard InChI is InChI=1S/C21H29N5O2S/c1-16-6-5-7-18(14-16)29(27,28)19-15-23-21(24-20(19)22)26-12-8-17(9-13-26)25-10-3-2-4-11-25/h5-7,14-15,17H,2-4,8-13H2,1H3,(H2,22,23,24). The van der Waals surface area contributed by atoms with Crippen molar-refractivity contribution in [2.24, 2.45) is 0 Å². The van der Waals surface area contributed by atoms with Crippen molar-refractivity contribution in [2.75, 3.05) is 36.8 Å². The van der Waals surface area contributed by atoms with Crippen LogP contribution in [0.2, 0.25) is 0 Å². The number of aromatic nitrogens is 2. The van der Waals surface area contributed by atoms with Crippen molar-refractivity contribution in [3.05, 3.63) is 36.0 Å². The third-order valence-electron chi connectivity index (χ3n) is 6.01. The van der Waals surface area contributed by atoms with Gasteiger partial charge in [0.1, 0.15) is 10.7 Å². The van der Waals surface area contributed by atoms with Gasteiger partial charge >= 0.3 is 0 Å². The number of aryl methyl sites for hydroxylation is 1. The molecule has 0 radical (unpaired) electrons. The summed E-state index contributed by atoms with van der Waals surface area (Å²) in [7, 11) is -3.74. The van der Waals surface area contributed by atoms with E-state index in [1.807, 2.05) is 13.0 Å². The predicted octanol–water partition coefficient (Wildman–Crippen LogP) is 2.65. The number of likely N-dealkylation sites (tertiary alicyclic amines) is 1. The summed E-state index contributed by atoms with van der Waals surface area (Å²) in [6.45, 7) is 6.00. The van der Waals surface area contributed by atoms with Crippen LogP contribution in [0.15, 0.2) is 40.3 Å². The Morgan fingerprint density at radius 1 is 1.07 bits per heavy atom. The smallest absolute Gasteiger partial charge is 0.227 e. The molecule has 2 aliphatic heterocycles. The van der Waals surface area contributed by atoms with Gasteiger partial charge in [-0.2, -0.15) is 4.98 Å². The van der Waals surface area contributed by atoms with Gasteiger partial charge < -0.3 is 15.5 Å². The molecule has 2 N–H and O–H groups in total. The van der Waals surface area contributed by atoms with Crippen LogP contribution in [0.1, 0.15) is 37.7 Å². The summed E-state index contributed by atoms with van der Waals surface area (Å²) in [5, 5.41) is 0. The molecule has 0 aliphatic carbocycles. The Morgan fingerprint density at radius 3 is 2.45 bits per heavy atom. The van der Waals surface area contributed by atoms with Crippen LogP contribution in [-0.4, -0.2) is 55.5 Å². The van der Waals surface area contributed by atoms with Gasteiger partial charge in [-0.25, -0.2) is 13.4 Å². The number of rotatable bonds is 4. The molecule has 0 spiro atoms. The van der Waals surface area contributed by atoms with Crippen molar-refractivity contribution in [3.8, 4) is 0 Å². The molecule has 2 aromatic rings. The van der Waals surface area contributed by atoms with E-state index in [-0.39, 0.29) is 15.6 Å². The number of nitrogen functional groups attached to an aromatic ring is 1. The second-order valence-corrected chi connectivity index (χ2v) is 9.97. The van der Waals surface area contributed by atoms with Gasteiger partial charge in [-0.15, -0.1) is 0 Å². The number of anilines is 2. The molecule has 0 unspecified atom stereocenters. The summed E-state index contributed by atoms with van der Waals surface area (Å²) >= 11 is 0. The van der Waals surface area contributed by atoms with E-state index in [4.69, 9.17) is 5.73 Å². The highest BCUT2D eigenvalue weighted by Gasteiger charge is 2.28. The molecule has 0 amide bonds. The maximum absolute atomic E-state index is 12.9. The van der Waals surface area contributed by atoms with Crippen molar-refractivity contribution in [1.82, 2.24) is 14.9 Å². The zero-order valence-corrected chi connectivity index (χ0v) is 17.7. The van der Waals surface area contributed by atoms with Crippen LogP contribution in [-0.2, 0) is 9.84 Å². The van der Waals surface area contributed by atoms with E-state index in [9.17, 15) is 8.42 Å². The first kappa shape index (κ1) is 20.1. The monoisotopic (exact) mass is 415 g/mol. The van der Waals surface area contributed by atoms with Crippen LogP contribution in [0.5, 0.6) is 0 Å². The number of nitrogens with zero attached hydrogens (tertiary/aromatic N) is 4. The zero-order valence-electron chi connectivity index (χ0n) is 16.9. The third kappa shape index (κ3) is 4.23. The Morgan fingerprint density at radius 2 is 1.79 bits per heavy atom. The molecule has 2 aliphatic rings. The van der Waals surface area contributed by atoms with Gasteiger partial charge in [0.2, 0.25) is 15.8 Å². The van der Waals surface area contributed by atoms with Crippen LogP contribution in [0.4, 0.5) is 11.8 Å². The molecule has 2 fully saturated rings. The first-order valence-electron chi connectivity index (χ1n) is 10.4. The zero-order chi connectivity index (χ0) is 20.4. The Labute approximate surface area is 172 Å². The number of benzene rings is 1. The second-order valence-electron chi connectivity index (χ2n) is 8.05. The summed E-state index contributed by atoms with van der Waals surface area (Å²) in [5.74, 6) is 0.525. The molecule has 8 heteroatoms. The summed E-state index contributed by atoms with van der Waals surface area (Å²) in [4.78, 5) is 13.6. The fraction of sp³-hybridized carbons (Fsp3) is 0.524. The SMILES string of the molecule is Cc1cccc(S(=O)(=O)c2cnc(N3CCC(N4CCCCC4)CC3)nc2N)c1. The lowest BCUT2D eigenvalue weighted by Gasteiger charge is -2.40. The molecule has 4 rings (SSSR count). The molecule has 29 heavy (non-hydrogen) atoms. The van der Waals surface area contributed by atoms with Crippen LogP contribution in [0, 0.1) is 6.92 Å². The highest BCUT2D eigenvalue weighted by molar-refractivity contribution is 7.91. The molecule has 0 bridgehead atoms. The molecule has 1 aromatic carbocycles. The fourth-order valence-corrected chi connectivity index (χ4v) is 5.72. The van der Waals surface area contributed by atoms with Gasteiger partial charge in [-0.05, 0) is 63.4 Å². The summed E-state index contributed by atoms with van der Waals surface area (Å²) < 4.78 is 25.9. The van der Waals surface area contributed by atoms with E-state index in [1.54, 1.807) is 18.2 Å². The van der Waals surface area contributed by atoms with Crippen LogP contribution < -0.4 is 10.6 Å². The molecular weight excluding hydrogens is 386 g/mol. The molecular formula is C21H29N5O2S. The van der Waals surface area contributed by atoms with Crippen molar-refractivity contribution in [2.45, 2.75) is 54.9 Å². The maximum Gasteiger partial charge on any atom is 0.227 e. The highest BCUT2D eigenvalue weighted by atomic mass is 32.2. The molecule has 156 valence electrons. The Kier molecular flexibility index (Phi) is 5.74. The number of hydrogen-bond donors (Lipinski definition) is 1. The maximum atomic E-state index is 12.9. The Balaban J connectivity index is 1.48.